The number of hydrogen-bond donors (Lipinski definition) is 1. The van der Waals surface area contributed by atoms with Gasteiger partial charge < -0.3 is 10.5 Å². The third-order valence-corrected chi connectivity index (χ3v) is 4.22. The summed E-state index contributed by atoms with van der Waals surface area (Å²) in [5.74, 6) is 0.744. The largest absolute Gasteiger partial charge is 0.465 e. The quantitative estimate of drug-likeness (QED) is 0.453. The fraction of sp³-hybridized carbons (Fsp3) is 0.562. The molecule has 1 unspecified atom stereocenters. The number of carbonyl (C=O) groups excluding carboxylic acids is 1. The van der Waals surface area contributed by atoms with E-state index in [1.807, 2.05) is 11.8 Å². The zero-order valence-corrected chi connectivity index (χ0v) is 13.5. The van der Waals surface area contributed by atoms with Crippen LogP contribution in [0.2, 0.25) is 0 Å². The Bertz CT molecular complexity index is 415. The fourth-order valence-corrected chi connectivity index (χ4v) is 2.73. The average Bonchev–Trinajstić information content (AvgIpc) is 2.40. The number of aryl methyl sites for hydroxylation is 1. The first-order valence-corrected chi connectivity index (χ1v) is 8.10. The third kappa shape index (κ3) is 5.97. The van der Waals surface area contributed by atoms with Gasteiger partial charge in [-0.3, -0.25) is 4.79 Å². The smallest absolute Gasteiger partial charge is 0.325 e. The van der Waals surface area contributed by atoms with Gasteiger partial charge in [0.25, 0.3) is 0 Å². The van der Waals surface area contributed by atoms with Gasteiger partial charge in [-0.15, -0.1) is 11.8 Å². The Morgan fingerprint density at radius 2 is 1.95 bits per heavy atom. The highest BCUT2D eigenvalue weighted by Crippen LogP contribution is 2.21. The van der Waals surface area contributed by atoms with Crippen molar-refractivity contribution in [3.63, 3.8) is 0 Å². The van der Waals surface area contributed by atoms with Crippen molar-refractivity contribution in [1.82, 2.24) is 0 Å². The molecule has 1 atom stereocenters. The van der Waals surface area contributed by atoms with Crippen molar-refractivity contribution in [3.05, 3.63) is 29.8 Å². The molecule has 0 spiro atoms. The highest BCUT2D eigenvalue weighted by molar-refractivity contribution is 7.99. The van der Waals surface area contributed by atoms with Crippen LogP contribution in [0.1, 0.15) is 38.7 Å². The number of unbranched alkanes of at least 4 members (excludes halogenated alkanes) is 1. The van der Waals surface area contributed by atoms with Gasteiger partial charge in [-0.2, -0.15) is 0 Å². The molecule has 0 aliphatic carbocycles. The number of hydrogen-bond acceptors (Lipinski definition) is 4. The summed E-state index contributed by atoms with van der Waals surface area (Å²) in [6.45, 7) is 6.02. The molecule has 0 aromatic heterocycles. The van der Waals surface area contributed by atoms with Crippen LogP contribution in [0.25, 0.3) is 0 Å². The molecule has 0 fully saturated rings. The molecule has 1 rings (SSSR count). The summed E-state index contributed by atoms with van der Waals surface area (Å²) in [5.41, 5.74) is 6.40. The van der Waals surface area contributed by atoms with Gasteiger partial charge in [0.05, 0.1) is 6.61 Å². The van der Waals surface area contributed by atoms with Crippen molar-refractivity contribution in [3.8, 4) is 0 Å². The first-order chi connectivity index (χ1) is 9.45. The summed E-state index contributed by atoms with van der Waals surface area (Å²) < 4.78 is 4.98. The third-order valence-electron chi connectivity index (χ3n) is 3.12. The van der Waals surface area contributed by atoms with E-state index in [0.29, 0.717) is 13.0 Å². The van der Waals surface area contributed by atoms with E-state index in [9.17, 15) is 4.79 Å². The van der Waals surface area contributed by atoms with Crippen LogP contribution >= 0.6 is 11.8 Å². The number of esters is 1. The summed E-state index contributed by atoms with van der Waals surface area (Å²) in [5, 5.41) is 0. The molecular weight excluding hydrogens is 270 g/mol. The monoisotopic (exact) mass is 295 g/mol. The Morgan fingerprint density at radius 3 is 2.55 bits per heavy atom. The molecule has 0 radical (unpaired) electrons. The second kappa shape index (κ2) is 8.32. The maximum atomic E-state index is 11.6. The first-order valence-electron chi connectivity index (χ1n) is 7.11. The van der Waals surface area contributed by atoms with E-state index in [0.717, 1.165) is 18.6 Å². The molecule has 4 heteroatoms. The highest BCUT2D eigenvalue weighted by Gasteiger charge is 2.28. The maximum absolute atomic E-state index is 11.6. The summed E-state index contributed by atoms with van der Waals surface area (Å²) in [4.78, 5) is 12.9. The minimum absolute atomic E-state index is 0.300. The van der Waals surface area contributed by atoms with Gasteiger partial charge >= 0.3 is 5.97 Å². The van der Waals surface area contributed by atoms with Crippen molar-refractivity contribution < 1.29 is 9.53 Å². The summed E-state index contributed by atoms with van der Waals surface area (Å²) in [6, 6.07) is 8.54. The van der Waals surface area contributed by atoms with Crippen molar-refractivity contribution in [2.75, 3.05) is 12.4 Å². The van der Waals surface area contributed by atoms with Gasteiger partial charge in [0.15, 0.2) is 0 Å². The molecule has 0 amide bonds. The van der Waals surface area contributed by atoms with Crippen molar-refractivity contribution >= 4 is 17.7 Å². The van der Waals surface area contributed by atoms with E-state index in [1.54, 1.807) is 13.8 Å². The lowest BCUT2D eigenvalue weighted by Gasteiger charge is -2.21. The van der Waals surface area contributed by atoms with E-state index in [1.165, 1.54) is 10.5 Å². The van der Waals surface area contributed by atoms with Crippen molar-refractivity contribution in [1.29, 1.82) is 0 Å². The minimum atomic E-state index is -0.857. The molecule has 0 saturated heterocycles. The first kappa shape index (κ1) is 17.1. The van der Waals surface area contributed by atoms with E-state index < -0.39 is 5.54 Å². The standard InChI is InChI=1S/C16H25NO2S/c1-4-19-15(18)16(3,17)11-5-6-12-20-14-9-7-13(2)8-10-14/h7-10H,4-6,11-12,17H2,1-3H3. The lowest BCUT2D eigenvalue weighted by Crippen LogP contribution is -2.46. The highest BCUT2D eigenvalue weighted by atomic mass is 32.2. The molecule has 0 heterocycles. The molecule has 0 saturated carbocycles. The Hall–Kier alpha value is -1.00. The molecule has 1 aromatic carbocycles. The molecule has 0 aliphatic rings. The summed E-state index contributed by atoms with van der Waals surface area (Å²) in [7, 11) is 0. The van der Waals surface area contributed by atoms with Crippen LogP contribution in [0.4, 0.5) is 0 Å². The topological polar surface area (TPSA) is 52.3 Å². The fourth-order valence-electron chi connectivity index (χ4n) is 1.82. The predicted octanol–water partition coefficient (Wildman–Crippen LogP) is 3.54. The lowest BCUT2D eigenvalue weighted by molar-refractivity contribution is -0.149. The zero-order valence-electron chi connectivity index (χ0n) is 12.6. The Kier molecular flexibility index (Phi) is 7.10. The molecule has 1 aromatic rings. The van der Waals surface area contributed by atoms with E-state index in [2.05, 4.69) is 31.2 Å². The second-order valence-electron chi connectivity index (χ2n) is 5.26. The molecule has 2 N–H and O–H groups in total. The van der Waals surface area contributed by atoms with Crippen molar-refractivity contribution in [2.24, 2.45) is 5.73 Å². The number of thioether (sulfide) groups is 1. The van der Waals surface area contributed by atoms with E-state index in [4.69, 9.17) is 10.5 Å². The van der Waals surface area contributed by atoms with Crippen LogP contribution < -0.4 is 5.73 Å². The Morgan fingerprint density at radius 1 is 1.30 bits per heavy atom. The van der Waals surface area contributed by atoms with Crippen LogP contribution in [0.5, 0.6) is 0 Å². The van der Waals surface area contributed by atoms with Crippen LogP contribution in [-0.2, 0) is 9.53 Å². The van der Waals surface area contributed by atoms with E-state index >= 15 is 0 Å². The number of ether oxygens (including phenoxy) is 1. The SMILES string of the molecule is CCOC(=O)C(C)(N)CCCCSc1ccc(C)cc1. The normalized spacial score (nSPS) is 13.8. The number of rotatable bonds is 8. The average molecular weight is 295 g/mol. The molecule has 112 valence electrons. The minimum Gasteiger partial charge on any atom is -0.465 e. The molecule has 20 heavy (non-hydrogen) atoms. The lowest BCUT2D eigenvalue weighted by atomic mass is 9.96. The van der Waals surface area contributed by atoms with Gasteiger partial charge in [0.1, 0.15) is 5.54 Å². The number of benzene rings is 1. The Labute approximate surface area is 126 Å². The Balaban J connectivity index is 2.21. The van der Waals surface area contributed by atoms with E-state index in [-0.39, 0.29) is 5.97 Å². The van der Waals surface area contributed by atoms with Crippen LogP contribution in [-0.4, -0.2) is 23.9 Å². The summed E-state index contributed by atoms with van der Waals surface area (Å²) >= 11 is 1.84. The zero-order chi connectivity index (χ0) is 15.0. The van der Waals surface area contributed by atoms with Gasteiger partial charge in [0.2, 0.25) is 0 Å². The van der Waals surface area contributed by atoms with Gasteiger partial charge in [-0.05, 0) is 51.5 Å². The molecule has 0 bridgehead atoms. The van der Waals surface area contributed by atoms with Gasteiger partial charge in [-0.1, -0.05) is 24.1 Å². The predicted molar refractivity (Wildman–Crippen MR) is 85.0 cm³/mol. The molecule has 0 aliphatic heterocycles. The molecular formula is C16H25NO2S. The van der Waals surface area contributed by atoms with Crippen LogP contribution in [0.3, 0.4) is 0 Å². The second-order valence-corrected chi connectivity index (χ2v) is 6.42. The van der Waals surface area contributed by atoms with Crippen LogP contribution in [0, 0.1) is 6.92 Å². The summed E-state index contributed by atoms with van der Waals surface area (Å²) in [6.07, 6.45) is 2.65. The van der Waals surface area contributed by atoms with Gasteiger partial charge in [0, 0.05) is 4.90 Å². The number of nitrogens with two attached hydrogens (primary N) is 1. The molecule has 3 nitrogen and oxygen atoms in total. The van der Waals surface area contributed by atoms with Crippen molar-refractivity contribution in [2.45, 2.75) is 50.5 Å². The van der Waals surface area contributed by atoms with Crippen LogP contribution in [0.15, 0.2) is 29.2 Å². The maximum Gasteiger partial charge on any atom is 0.325 e. The number of carbonyl (C=O) groups is 1. The van der Waals surface area contributed by atoms with Gasteiger partial charge in [-0.25, -0.2) is 0 Å².